The predicted octanol–water partition coefficient (Wildman–Crippen LogP) is 2.24. The molecule has 0 aliphatic heterocycles. The summed E-state index contributed by atoms with van der Waals surface area (Å²) in [5.41, 5.74) is 2.24. The molecule has 0 spiro atoms. The molecular weight excluding hydrogens is 256 g/mol. The Bertz CT molecular complexity index is 517. The monoisotopic (exact) mass is 274 g/mol. The summed E-state index contributed by atoms with van der Waals surface area (Å²) in [6, 6.07) is 10.5. The van der Waals surface area contributed by atoms with Gasteiger partial charge in [-0.05, 0) is 49.8 Å². The Morgan fingerprint density at radius 1 is 1.32 bits per heavy atom. The van der Waals surface area contributed by atoms with Crippen molar-refractivity contribution >= 4 is 17.3 Å². The van der Waals surface area contributed by atoms with Crippen molar-refractivity contribution in [2.45, 2.75) is 26.4 Å². The van der Waals surface area contributed by atoms with Crippen LogP contribution in [0.25, 0.3) is 5.69 Å². The molecule has 0 radical (unpaired) electrons. The molecule has 0 bridgehead atoms. The molecule has 0 aliphatic rings. The summed E-state index contributed by atoms with van der Waals surface area (Å²) in [6.07, 6.45) is 3.69. The highest BCUT2D eigenvalue weighted by atomic mass is 32.1. The highest BCUT2D eigenvalue weighted by Gasteiger charge is 2.00. The molecule has 2 rings (SSSR count). The number of rotatable bonds is 4. The van der Waals surface area contributed by atoms with Crippen molar-refractivity contribution in [1.82, 2.24) is 20.4 Å². The third kappa shape index (κ3) is 4.06. The van der Waals surface area contributed by atoms with Crippen molar-refractivity contribution in [3.05, 3.63) is 48.3 Å². The van der Waals surface area contributed by atoms with E-state index in [1.807, 2.05) is 29.1 Å². The highest BCUT2D eigenvalue weighted by molar-refractivity contribution is 7.80. The third-order valence-electron chi connectivity index (χ3n) is 2.58. The molecule has 0 fully saturated rings. The lowest BCUT2D eigenvalue weighted by atomic mass is 10.2. The van der Waals surface area contributed by atoms with E-state index in [-0.39, 0.29) is 0 Å². The number of benzene rings is 1. The van der Waals surface area contributed by atoms with Gasteiger partial charge in [-0.25, -0.2) is 4.68 Å². The summed E-state index contributed by atoms with van der Waals surface area (Å²) in [5.74, 6) is 0. The van der Waals surface area contributed by atoms with Gasteiger partial charge in [0.05, 0.1) is 5.69 Å². The topological polar surface area (TPSA) is 41.9 Å². The van der Waals surface area contributed by atoms with E-state index < -0.39 is 0 Å². The molecule has 0 saturated carbocycles. The van der Waals surface area contributed by atoms with Crippen LogP contribution in [0, 0.1) is 0 Å². The summed E-state index contributed by atoms with van der Waals surface area (Å²) < 4.78 is 1.84. The van der Waals surface area contributed by atoms with Crippen LogP contribution in [0.5, 0.6) is 0 Å². The van der Waals surface area contributed by atoms with Gasteiger partial charge in [-0.1, -0.05) is 12.1 Å². The van der Waals surface area contributed by atoms with Crippen LogP contribution >= 0.6 is 12.2 Å². The maximum Gasteiger partial charge on any atom is 0.166 e. The first-order chi connectivity index (χ1) is 9.15. The van der Waals surface area contributed by atoms with Crippen molar-refractivity contribution in [2.24, 2.45) is 0 Å². The first-order valence-corrected chi connectivity index (χ1v) is 6.69. The lowest BCUT2D eigenvalue weighted by Gasteiger charge is -2.13. The summed E-state index contributed by atoms with van der Waals surface area (Å²) in [7, 11) is 0. The first kappa shape index (κ1) is 13.5. The predicted molar refractivity (Wildman–Crippen MR) is 81.3 cm³/mol. The van der Waals surface area contributed by atoms with Crippen molar-refractivity contribution in [3.8, 4) is 5.69 Å². The van der Waals surface area contributed by atoms with Crippen molar-refractivity contribution in [1.29, 1.82) is 0 Å². The van der Waals surface area contributed by atoms with Crippen molar-refractivity contribution < 1.29 is 0 Å². The van der Waals surface area contributed by atoms with Gasteiger partial charge in [0.1, 0.15) is 0 Å². The number of hydrogen-bond donors (Lipinski definition) is 2. The Morgan fingerprint density at radius 3 is 2.63 bits per heavy atom. The van der Waals surface area contributed by atoms with Crippen LogP contribution in [0.2, 0.25) is 0 Å². The molecule has 0 saturated heterocycles. The van der Waals surface area contributed by atoms with E-state index in [0.29, 0.717) is 11.2 Å². The third-order valence-corrected chi connectivity index (χ3v) is 2.84. The molecule has 4 nitrogen and oxygen atoms in total. The summed E-state index contributed by atoms with van der Waals surface area (Å²) in [5, 5.41) is 11.2. The average Bonchev–Trinajstić information content (AvgIpc) is 2.90. The fourth-order valence-electron chi connectivity index (χ4n) is 1.68. The van der Waals surface area contributed by atoms with E-state index in [1.54, 1.807) is 6.20 Å². The molecule has 0 atom stereocenters. The Kier molecular flexibility index (Phi) is 4.52. The van der Waals surface area contributed by atoms with Crippen LogP contribution in [-0.2, 0) is 6.54 Å². The standard InChI is InChI=1S/C14H18N4S/c1-11(2)17-14(19)15-10-12-4-6-13(7-5-12)18-9-3-8-16-18/h3-9,11H,10H2,1-2H3,(H2,15,17,19). The number of thiocarbonyl (C=S) groups is 1. The second-order valence-electron chi connectivity index (χ2n) is 4.60. The fourth-order valence-corrected chi connectivity index (χ4v) is 1.99. The van der Waals surface area contributed by atoms with Crippen LogP contribution in [0.3, 0.4) is 0 Å². The zero-order valence-corrected chi connectivity index (χ0v) is 11.9. The van der Waals surface area contributed by atoms with E-state index in [9.17, 15) is 0 Å². The lowest BCUT2D eigenvalue weighted by molar-refractivity contribution is 0.712. The zero-order chi connectivity index (χ0) is 13.7. The Hall–Kier alpha value is -1.88. The van der Waals surface area contributed by atoms with Crippen LogP contribution in [0.4, 0.5) is 0 Å². The van der Waals surface area contributed by atoms with Gasteiger partial charge in [0, 0.05) is 25.0 Å². The van der Waals surface area contributed by atoms with E-state index in [4.69, 9.17) is 12.2 Å². The van der Waals surface area contributed by atoms with Crippen molar-refractivity contribution in [2.75, 3.05) is 0 Å². The maximum atomic E-state index is 5.18. The zero-order valence-electron chi connectivity index (χ0n) is 11.1. The Balaban J connectivity index is 1.91. The minimum atomic E-state index is 0.349. The number of hydrogen-bond acceptors (Lipinski definition) is 2. The fraction of sp³-hybridized carbons (Fsp3) is 0.286. The quantitative estimate of drug-likeness (QED) is 0.839. The van der Waals surface area contributed by atoms with Crippen LogP contribution < -0.4 is 10.6 Å². The number of aromatic nitrogens is 2. The second kappa shape index (κ2) is 6.33. The number of nitrogens with zero attached hydrogens (tertiary/aromatic N) is 2. The molecule has 1 aromatic carbocycles. The van der Waals surface area contributed by atoms with Gasteiger partial charge in [0.15, 0.2) is 5.11 Å². The van der Waals surface area contributed by atoms with Gasteiger partial charge in [-0.2, -0.15) is 5.10 Å². The molecule has 2 N–H and O–H groups in total. The average molecular weight is 274 g/mol. The normalized spacial score (nSPS) is 10.5. The molecule has 100 valence electrons. The van der Waals surface area contributed by atoms with Crippen LogP contribution in [0.1, 0.15) is 19.4 Å². The molecule has 1 heterocycles. The molecule has 19 heavy (non-hydrogen) atoms. The molecule has 2 aromatic rings. The lowest BCUT2D eigenvalue weighted by Crippen LogP contribution is -2.38. The highest BCUT2D eigenvalue weighted by Crippen LogP contribution is 2.08. The van der Waals surface area contributed by atoms with Crippen molar-refractivity contribution in [3.63, 3.8) is 0 Å². The largest absolute Gasteiger partial charge is 0.361 e. The van der Waals surface area contributed by atoms with Gasteiger partial charge in [0.25, 0.3) is 0 Å². The second-order valence-corrected chi connectivity index (χ2v) is 5.01. The minimum absolute atomic E-state index is 0.349. The summed E-state index contributed by atoms with van der Waals surface area (Å²) in [4.78, 5) is 0. The van der Waals surface area contributed by atoms with E-state index in [0.717, 1.165) is 12.2 Å². The van der Waals surface area contributed by atoms with E-state index in [2.05, 4.69) is 41.7 Å². The number of nitrogens with one attached hydrogen (secondary N) is 2. The van der Waals surface area contributed by atoms with Gasteiger partial charge >= 0.3 is 0 Å². The van der Waals surface area contributed by atoms with Crippen LogP contribution in [-0.4, -0.2) is 20.9 Å². The Labute approximate surface area is 118 Å². The molecular formula is C14H18N4S. The van der Waals surface area contributed by atoms with Gasteiger partial charge in [0.2, 0.25) is 0 Å². The molecule has 0 unspecified atom stereocenters. The summed E-state index contributed by atoms with van der Waals surface area (Å²) >= 11 is 5.18. The first-order valence-electron chi connectivity index (χ1n) is 6.28. The van der Waals surface area contributed by atoms with E-state index in [1.165, 1.54) is 5.56 Å². The van der Waals surface area contributed by atoms with Gasteiger partial charge in [-0.15, -0.1) is 0 Å². The molecule has 0 amide bonds. The van der Waals surface area contributed by atoms with Gasteiger partial charge in [-0.3, -0.25) is 0 Å². The van der Waals surface area contributed by atoms with Crippen LogP contribution in [0.15, 0.2) is 42.7 Å². The maximum absolute atomic E-state index is 5.18. The Morgan fingerprint density at radius 2 is 2.05 bits per heavy atom. The van der Waals surface area contributed by atoms with Gasteiger partial charge < -0.3 is 10.6 Å². The molecule has 0 aliphatic carbocycles. The minimum Gasteiger partial charge on any atom is -0.361 e. The molecule has 5 heteroatoms. The SMILES string of the molecule is CC(C)NC(=S)NCc1ccc(-n2cccn2)cc1. The van der Waals surface area contributed by atoms with E-state index >= 15 is 0 Å². The molecule has 1 aromatic heterocycles. The smallest absolute Gasteiger partial charge is 0.166 e. The summed E-state index contributed by atoms with van der Waals surface area (Å²) in [6.45, 7) is 4.84.